The van der Waals surface area contributed by atoms with Gasteiger partial charge in [-0.1, -0.05) is 47.8 Å². The molecule has 3 aromatic heterocycles. The van der Waals surface area contributed by atoms with Gasteiger partial charge in [0.15, 0.2) is 0 Å². The molecule has 70 heavy (non-hydrogen) atoms. The van der Waals surface area contributed by atoms with Gasteiger partial charge in [0, 0.05) is 79.5 Å². The van der Waals surface area contributed by atoms with Crippen LogP contribution in [0.25, 0.3) is 0 Å². The second-order valence-corrected chi connectivity index (χ2v) is 16.4. The maximum absolute atomic E-state index is 10.3. The number of pyridine rings is 3. The fraction of sp³-hybridized carbons (Fsp3) is 0. The summed E-state index contributed by atoms with van der Waals surface area (Å²) in [6.07, 6.45) is 14.9. The number of halogens is 3. The maximum atomic E-state index is 10.3. The van der Waals surface area contributed by atoms with Gasteiger partial charge in [0.2, 0.25) is 0 Å². The van der Waals surface area contributed by atoms with Gasteiger partial charge in [0.05, 0.1) is 46.8 Å². The molecule has 0 amide bonds. The van der Waals surface area contributed by atoms with Gasteiger partial charge in [-0.2, -0.15) is 0 Å². The number of aromatic nitrogens is 3. The van der Waals surface area contributed by atoms with Crippen LogP contribution in [0, 0.1) is 0 Å². The highest BCUT2D eigenvalue weighted by Gasteiger charge is 2.06. The first-order chi connectivity index (χ1) is 33.4. The van der Waals surface area contributed by atoms with Crippen LogP contribution in [0.2, 0.25) is 0 Å². The lowest BCUT2D eigenvalue weighted by Crippen LogP contribution is -1.94. The van der Waals surface area contributed by atoms with Crippen molar-refractivity contribution < 1.29 is 55.5 Å². The van der Waals surface area contributed by atoms with E-state index in [1.165, 1.54) is 0 Å². The zero-order valence-electron chi connectivity index (χ0n) is 36.0. The number of hydrogen-bond acceptors (Lipinski definition) is 15. The molecule has 0 aliphatic heterocycles. The first kappa shape index (κ1) is 54.1. The van der Waals surface area contributed by atoms with E-state index < -0.39 is 11.9 Å². The average Bonchev–Trinajstić information content (AvgIpc) is 3.33. The maximum Gasteiger partial charge on any atom is 0.335 e. The molecule has 0 atom stereocenters. The normalized spacial score (nSPS) is 10.4. The first-order valence-electron chi connectivity index (χ1n) is 19.8. The summed E-state index contributed by atoms with van der Waals surface area (Å²) in [6, 6.07) is 32.9. The van der Waals surface area contributed by atoms with Crippen molar-refractivity contribution in [3.05, 3.63) is 206 Å². The number of aliphatic imine (C=N–C) groups is 3. The zero-order valence-corrected chi connectivity index (χ0v) is 40.7. The van der Waals surface area contributed by atoms with Crippen molar-refractivity contribution in [2.24, 2.45) is 15.0 Å². The molecule has 3 heterocycles. The van der Waals surface area contributed by atoms with Crippen molar-refractivity contribution in [1.29, 1.82) is 0 Å². The Labute approximate surface area is 424 Å². The molecule has 0 fully saturated rings. The molecule has 0 saturated heterocycles. The van der Waals surface area contributed by atoms with E-state index in [4.69, 9.17) is 30.6 Å². The van der Waals surface area contributed by atoms with Crippen molar-refractivity contribution in [3.8, 4) is 40.2 Å². The summed E-state index contributed by atoms with van der Waals surface area (Å²) in [6.45, 7) is 0. The fourth-order valence-electron chi connectivity index (χ4n) is 5.05. The highest BCUT2D eigenvalue weighted by Crippen LogP contribution is 2.25. The Bertz CT molecular complexity index is 2750. The summed E-state index contributed by atoms with van der Waals surface area (Å²) in [5, 5.41) is 80.9. The molecule has 8 rings (SSSR count). The van der Waals surface area contributed by atoms with Crippen LogP contribution in [-0.2, 0) is 0 Å². The summed E-state index contributed by atoms with van der Waals surface area (Å²) < 4.78 is 2.70. The van der Waals surface area contributed by atoms with Gasteiger partial charge in [-0.05, 0) is 115 Å². The van der Waals surface area contributed by atoms with Crippen LogP contribution in [-0.4, -0.2) is 91.5 Å². The van der Waals surface area contributed by atoms with E-state index in [0.29, 0.717) is 16.7 Å². The lowest BCUT2D eigenvalue weighted by atomic mass is 10.2. The second kappa shape index (κ2) is 28.0. The Hall–Kier alpha value is -8.46. The quantitative estimate of drug-likeness (QED) is 0.0640. The molecule has 356 valence electrons. The predicted molar refractivity (Wildman–Crippen MR) is 275 cm³/mol. The van der Waals surface area contributed by atoms with Gasteiger partial charge in [-0.15, -0.1) is 0 Å². The molecule has 9 N–H and O–H groups in total. The van der Waals surface area contributed by atoms with Crippen molar-refractivity contribution in [2.45, 2.75) is 0 Å². The Morgan fingerprint density at radius 1 is 0.400 bits per heavy atom. The van der Waals surface area contributed by atoms with Crippen LogP contribution in [0.15, 0.2) is 193 Å². The average molecular weight is 1140 g/mol. The molecular weight excluding hydrogens is 1100 g/mol. The fourth-order valence-corrected chi connectivity index (χ4v) is 6.18. The minimum absolute atomic E-state index is 0.137. The summed E-state index contributed by atoms with van der Waals surface area (Å²) in [5.74, 6) is -2.80. The highest BCUT2D eigenvalue weighted by atomic mass is 79.9. The van der Waals surface area contributed by atoms with E-state index in [0.717, 1.165) is 66.9 Å². The van der Waals surface area contributed by atoms with Crippen LogP contribution < -0.4 is 0 Å². The number of aromatic carboxylic acids is 2. The smallest absolute Gasteiger partial charge is 0.335 e. The number of nitrogens with zero attached hydrogens (tertiary/aromatic N) is 6. The van der Waals surface area contributed by atoms with Gasteiger partial charge in [0.25, 0.3) is 0 Å². The Morgan fingerprint density at radius 3 is 0.900 bits per heavy atom. The Kier molecular flexibility index (Phi) is 21.7. The topological polar surface area (TPSA) is 292 Å². The molecule has 5 aromatic carbocycles. The molecule has 8 aromatic rings. The van der Waals surface area contributed by atoms with E-state index in [1.54, 1.807) is 110 Å². The van der Waals surface area contributed by atoms with Gasteiger partial charge >= 0.3 is 11.9 Å². The number of phenols is 7. The van der Waals surface area contributed by atoms with Crippen LogP contribution in [0.3, 0.4) is 0 Å². The van der Waals surface area contributed by atoms with E-state index >= 15 is 0 Å². The number of carboxylic acids is 2. The van der Waals surface area contributed by atoms with Gasteiger partial charge in [-0.25, -0.2) is 9.59 Å². The zero-order chi connectivity index (χ0) is 51.0. The number of benzene rings is 5. The Morgan fingerprint density at radius 2 is 0.671 bits per heavy atom. The number of aromatic hydroxyl groups is 7. The molecule has 0 radical (unpaired) electrons. The number of rotatable bonds is 8. The third-order valence-corrected chi connectivity index (χ3v) is 9.74. The highest BCUT2D eigenvalue weighted by molar-refractivity contribution is 9.11. The molecule has 0 bridgehead atoms. The lowest BCUT2D eigenvalue weighted by molar-refractivity contribution is 0.0685. The van der Waals surface area contributed by atoms with E-state index in [-0.39, 0.29) is 51.4 Å². The molecule has 17 nitrogen and oxygen atoms in total. The first-order valence-corrected chi connectivity index (χ1v) is 22.1. The minimum atomic E-state index is -1.18. The van der Waals surface area contributed by atoms with E-state index in [1.807, 2.05) is 36.4 Å². The minimum Gasteiger partial charge on any atom is -0.508 e. The molecule has 0 aliphatic carbocycles. The van der Waals surface area contributed by atoms with Crippen molar-refractivity contribution in [3.63, 3.8) is 0 Å². The molecule has 0 spiro atoms. The largest absolute Gasteiger partial charge is 0.508 e. The number of phenolic OH excluding ortho intramolecular Hbond substituents is 7. The molecule has 0 saturated carbocycles. The van der Waals surface area contributed by atoms with Crippen LogP contribution >= 0.6 is 47.8 Å². The van der Waals surface area contributed by atoms with Gasteiger partial charge < -0.3 is 46.0 Å². The standard InChI is InChI=1S/3C12H9BrN2O.2C7H6O4/c3*13-10-3-4-12(16)9(6-10)7-15-11-2-1-5-14-8-11;2*8-5-1-4(7(10)11)2-6(9)3-5/h3*1-8,16H;2*1-3,8-9H,(H,10,11). The summed E-state index contributed by atoms with van der Waals surface area (Å²) in [4.78, 5) is 45.1. The van der Waals surface area contributed by atoms with Crippen LogP contribution in [0.5, 0.6) is 40.2 Å². The van der Waals surface area contributed by atoms with E-state index in [9.17, 15) is 24.9 Å². The monoisotopic (exact) mass is 1140 g/mol. The summed E-state index contributed by atoms with van der Waals surface area (Å²) >= 11 is 10.0. The summed E-state index contributed by atoms with van der Waals surface area (Å²) in [7, 11) is 0. The molecule has 20 heteroatoms. The second-order valence-electron chi connectivity index (χ2n) is 13.6. The van der Waals surface area contributed by atoms with Crippen molar-refractivity contribution >= 4 is 95.4 Å². The third-order valence-electron chi connectivity index (χ3n) is 8.26. The lowest BCUT2D eigenvalue weighted by Gasteiger charge is -1.98. The number of hydrogen-bond donors (Lipinski definition) is 9. The van der Waals surface area contributed by atoms with Crippen LogP contribution in [0.4, 0.5) is 17.1 Å². The molecule has 0 aliphatic rings. The van der Waals surface area contributed by atoms with Crippen LogP contribution in [0.1, 0.15) is 37.4 Å². The number of carboxylic acid groups (broad SMARTS) is 2. The van der Waals surface area contributed by atoms with Gasteiger partial charge in [-0.3, -0.25) is 29.9 Å². The van der Waals surface area contributed by atoms with Crippen molar-refractivity contribution in [1.82, 2.24) is 15.0 Å². The Balaban J connectivity index is 0.000000192. The number of carbonyl (C=O) groups is 2. The SMILES string of the molecule is O=C(O)c1cc(O)cc(O)c1.O=C(O)c1cc(O)cc(O)c1.Oc1ccc(Br)cc1C=Nc1cccnc1.Oc1ccc(Br)cc1C=Nc1cccnc1.Oc1ccc(Br)cc1C=Nc1cccnc1. The van der Waals surface area contributed by atoms with E-state index in [2.05, 4.69) is 77.7 Å². The van der Waals surface area contributed by atoms with Crippen molar-refractivity contribution in [2.75, 3.05) is 0 Å². The predicted octanol–water partition coefficient (Wildman–Crippen LogP) is 11.5. The summed E-state index contributed by atoms with van der Waals surface area (Å²) in [5.41, 5.74) is 3.98. The van der Waals surface area contributed by atoms with Gasteiger partial charge in [0.1, 0.15) is 40.2 Å². The molecule has 0 unspecified atom stereocenters. The third kappa shape index (κ3) is 19.8. The molecular formula is C50H39Br3N6O11.